The summed E-state index contributed by atoms with van der Waals surface area (Å²) in [6.45, 7) is 5.27. The molecule has 1 saturated heterocycles. The fraction of sp³-hybridized carbons (Fsp3) is 0.273. The van der Waals surface area contributed by atoms with Crippen molar-refractivity contribution in [1.82, 2.24) is 4.90 Å². The van der Waals surface area contributed by atoms with E-state index in [4.69, 9.17) is 9.47 Å². The smallest absolute Gasteiger partial charge is 0.293 e. The van der Waals surface area contributed by atoms with Crippen LogP contribution in [0.25, 0.3) is 6.08 Å². The standard InChI is InChI=1S/C22H22BrNO4S/c1-3-10-28-20-17(23)11-16(12-18(20)27-4-2)13-19-21(25)24(22(26)29-19)14-15-8-6-5-7-9-15/h5-9,11-13H,3-4,10,14H2,1-2H3/b19-13-. The predicted molar refractivity (Wildman–Crippen MR) is 119 cm³/mol. The van der Waals surface area contributed by atoms with Crippen molar-refractivity contribution in [3.05, 3.63) is 63.0 Å². The third-order valence-corrected chi connectivity index (χ3v) is 5.63. The molecule has 1 aliphatic rings. The van der Waals surface area contributed by atoms with E-state index in [0.717, 1.165) is 33.8 Å². The number of nitrogens with zero attached hydrogens (tertiary/aromatic N) is 1. The molecule has 0 saturated carbocycles. The van der Waals surface area contributed by atoms with Crippen molar-refractivity contribution in [2.45, 2.75) is 26.8 Å². The van der Waals surface area contributed by atoms with Crippen LogP contribution >= 0.6 is 27.7 Å². The lowest BCUT2D eigenvalue weighted by Gasteiger charge is -2.14. The number of hydrogen-bond donors (Lipinski definition) is 0. The molecule has 5 nitrogen and oxygen atoms in total. The Morgan fingerprint density at radius 2 is 1.86 bits per heavy atom. The number of amides is 2. The molecule has 0 N–H and O–H groups in total. The summed E-state index contributed by atoms with van der Waals surface area (Å²) in [5, 5.41) is -0.267. The highest BCUT2D eigenvalue weighted by molar-refractivity contribution is 9.10. The largest absolute Gasteiger partial charge is 0.490 e. The van der Waals surface area contributed by atoms with E-state index in [1.807, 2.05) is 56.3 Å². The minimum Gasteiger partial charge on any atom is -0.490 e. The monoisotopic (exact) mass is 475 g/mol. The van der Waals surface area contributed by atoms with Crippen molar-refractivity contribution >= 4 is 44.9 Å². The predicted octanol–water partition coefficient (Wildman–Crippen LogP) is 5.87. The average Bonchev–Trinajstić information content (AvgIpc) is 2.96. The maximum atomic E-state index is 12.8. The highest BCUT2D eigenvalue weighted by Crippen LogP contribution is 2.39. The number of carbonyl (C=O) groups excluding carboxylic acids is 2. The minimum absolute atomic E-state index is 0.264. The van der Waals surface area contributed by atoms with E-state index in [2.05, 4.69) is 15.9 Å². The van der Waals surface area contributed by atoms with Gasteiger partial charge in [-0.15, -0.1) is 0 Å². The van der Waals surface area contributed by atoms with Gasteiger partial charge in [-0.3, -0.25) is 14.5 Å². The molecule has 1 fully saturated rings. The Balaban J connectivity index is 1.85. The topological polar surface area (TPSA) is 55.8 Å². The van der Waals surface area contributed by atoms with Crippen LogP contribution in [-0.4, -0.2) is 29.3 Å². The van der Waals surface area contributed by atoms with Crippen molar-refractivity contribution in [2.24, 2.45) is 0 Å². The molecule has 0 spiro atoms. The Bertz CT molecular complexity index is 930. The first-order valence-electron chi connectivity index (χ1n) is 9.42. The Morgan fingerprint density at radius 3 is 2.55 bits per heavy atom. The Hall–Kier alpha value is -2.25. The molecule has 1 heterocycles. The van der Waals surface area contributed by atoms with Gasteiger partial charge in [0.1, 0.15) is 0 Å². The maximum Gasteiger partial charge on any atom is 0.293 e. The van der Waals surface area contributed by atoms with Crippen LogP contribution in [0.2, 0.25) is 0 Å². The van der Waals surface area contributed by atoms with Crippen molar-refractivity contribution in [1.29, 1.82) is 0 Å². The van der Waals surface area contributed by atoms with Crippen LogP contribution in [0.3, 0.4) is 0 Å². The molecule has 0 aromatic heterocycles. The van der Waals surface area contributed by atoms with E-state index >= 15 is 0 Å². The molecule has 3 rings (SSSR count). The summed E-state index contributed by atoms with van der Waals surface area (Å²) in [5.74, 6) is 0.956. The van der Waals surface area contributed by atoms with E-state index in [0.29, 0.717) is 29.6 Å². The van der Waals surface area contributed by atoms with Gasteiger partial charge in [-0.05, 0) is 70.4 Å². The highest BCUT2D eigenvalue weighted by atomic mass is 79.9. The van der Waals surface area contributed by atoms with E-state index in [9.17, 15) is 9.59 Å². The molecular weight excluding hydrogens is 454 g/mol. The number of hydrogen-bond acceptors (Lipinski definition) is 5. The zero-order chi connectivity index (χ0) is 20.8. The van der Waals surface area contributed by atoms with Gasteiger partial charge in [0.05, 0.1) is 29.1 Å². The van der Waals surface area contributed by atoms with Crippen LogP contribution in [0.4, 0.5) is 4.79 Å². The van der Waals surface area contributed by atoms with Crippen molar-refractivity contribution in [2.75, 3.05) is 13.2 Å². The summed E-state index contributed by atoms with van der Waals surface area (Å²) in [6, 6.07) is 13.2. The van der Waals surface area contributed by atoms with Crippen LogP contribution in [0.15, 0.2) is 51.8 Å². The lowest BCUT2D eigenvalue weighted by molar-refractivity contribution is -0.123. The normalized spacial score (nSPS) is 15.3. The zero-order valence-electron chi connectivity index (χ0n) is 16.3. The summed E-state index contributed by atoms with van der Waals surface area (Å²) in [7, 11) is 0. The van der Waals surface area contributed by atoms with Gasteiger partial charge >= 0.3 is 0 Å². The van der Waals surface area contributed by atoms with Crippen LogP contribution in [0, 0.1) is 0 Å². The minimum atomic E-state index is -0.288. The number of benzene rings is 2. The Morgan fingerprint density at radius 1 is 1.10 bits per heavy atom. The van der Waals surface area contributed by atoms with Crippen LogP contribution in [0.5, 0.6) is 11.5 Å². The molecular formula is C22H22BrNO4S. The summed E-state index contributed by atoms with van der Waals surface area (Å²) >= 11 is 4.48. The van der Waals surface area contributed by atoms with Crippen LogP contribution in [0.1, 0.15) is 31.4 Å². The zero-order valence-corrected chi connectivity index (χ0v) is 18.7. The van der Waals surface area contributed by atoms with Crippen LogP contribution in [-0.2, 0) is 11.3 Å². The first-order valence-corrected chi connectivity index (χ1v) is 11.0. The van der Waals surface area contributed by atoms with E-state index in [1.165, 1.54) is 4.90 Å². The molecule has 0 bridgehead atoms. The number of rotatable bonds is 8. The summed E-state index contributed by atoms with van der Waals surface area (Å²) in [4.78, 5) is 26.8. The van der Waals surface area contributed by atoms with Gasteiger partial charge in [-0.1, -0.05) is 37.3 Å². The lowest BCUT2D eigenvalue weighted by atomic mass is 10.1. The second kappa shape index (κ2) is 9.98. The molecule has 7 heteroatoms. The molecule has 1 aliphatic heterocycles. The number of ether oxygens (including phenoxy) is 2. The quantitative estimate of drug-likeness (QED) is 0.446. The Labute approximate surface area is 183 Å². The van der Waals surface area contributed by atoms with Gasteiger partial charge in [0.25, 0.3) is 11.1 Å². The lowest BCUT2D eigenvalue weighted by Crippen LogP contribution is -2.27. The third kappa shape index (κ3) is 5.22. The van der Waals surface area contributed by atoms with Gasteiger partial charge in [-0.25, -0.2) is 0 Å². The Kier molecular flexibility index (Phi) is 7.39. The van der Waals surface area contributed by atoms with Gasteiger partial charge < -0.3 is 9.47 Å². The van der Waals surface area contributed by atoms with E-state index in [1.54, 1.807) is 6.08 Å². The fourth-order valence-corrected chi connectivity index (χ4v) is 4.24. The molecule has 2 aromatic rings. The SMILES string of the molecule is CCCOc1c(Br)cc(/C=C2\SC(=O)N(Cc3ccccc3)C2=O)cc1OCC. The molecule has 2 aromatic carbocycles. The van der Waals surface area contributed by atoms with Crippen molar-refractivity contribution < 1.29 is 19.1 Å². The van der Waals surface area contributed by atoms with Gasteiger partial charge in [0.2, 0.25) is 0 Å². The van der Waals surface area contributed by atoms with Gasteiger partial charge in [0.15, 0.2) is 11.5 Å². The van der Waals surface area contributed by atoms with Crippen molar-refractivity contribution in [3.8, 4) is 11.5 Å². The number of halogens is 1. The first kappa shape index (κ1) is 21.5. The summed E-state index contributed by atoms with van der Waals surface area (Å²) in [5.41, 5.74) is 1.67. The second-order valence-electron chi connectivity index (χ2n) is 6.36. The molecule has 0 atom stereocenters. The fourth-order valence-electron chi connectivity index (χ4n) is 2.83. The van der Waals surface area contributed by atoms with Crippen LogP contribution < -0.4 is 9.47 Å². The van der Waals surface area contributed by atoms with Crippen molar-refractivity contribution in [3.63, 3.8) is 0 Å². The average molecular weight is 476 g/mol. The van der Waals surface area contributed by atoms with Gasteiger partial charge in [0, 0.05) is 0 Å². The number of imide groups is 1. The van der Waals surface area contributed by atoms with Gasteiger partial charge in [-0.2, -0.15) is 0 Å². The summed E-state index contributed by atoms with van der Waals surface area (Å²) < 4.78 is 12.2. The van der Waals surface area contributed by atoms with E-state index in [-0.39, 0.29) is 17.7 Å². The van der Waals surface area contributed by atoms with E-state index < -0.39 is 0 Å². The number of carbonyl (C=O) groups is 2. The third-order valence-electron chi connectivity index (χ3n) is 4.14. The molecule has 29 heavy (non-hydrogen) atoms. The second-order valence-corrected chi connectivity index (χ2v) is 8.21. The maximum absolute atomic E-state index is 12.8. The summed E-state index contributed by atoms with van der Waals surface area (Å²) in [6.07, 6.45) is 2.60. The molecule has 2 amide bonds. The molecule has 0 unspecified atom stereocenters. The highest BCUT2D eigenvalue weighted by Gasteiger charge is 2.35. The molecule has 0 radical (unpaired) electrons. The molecule has 152 valence electrons. The molecule has 0 aliphatic carbocycles. The first-order chi connectivity index (χ1) is 14.0. The number of thioether (sulfide) groups is 1.